The van der Waals surface area contributed by atoms with Gasteiger partial charge in [-0.05, 0) is 25.6 Å². The van der Waals surface area contributed by atoms with Crippen molar-refractivity contribution >= 4 is 0 Å². The summed E-state index contributed by atoms with van der Waals surface area (Å²) < 4.78 is 5.83. The van der Waals surface area contributed by atoms with E-state index in [1.165, 1.54) is 38.2 Å². The minimum Gasteiger partial charge on any atom is -0.492 e. The van der Waals surface area contributed by atoms with Crippen molar-refractivity contribution in [2.24, 2.45) is 0 Å². The van der Waals surface area contributed by atoms with Crippen LogP contribution in [0.15, 0.2) is 24.3 Å². The third-order valence-electron chi connectivity index (χ3n) is 4.20. The highest BCUT2D eigenvalue weighted by molar-refractivity contribution is 5.33. The molecule has 4 nitrogen and oxygen atoms in total. The zero-order valence-electron chi connectivity index (χ0n) is 12.2. The van der Waals surface area contributed by atoms with Crippen molar-refractivity contribution in [3.8, 4) is 5.75 Å². The topological polar surface area (TPSA) is 27.7 Å². The van der Waals surface area contributed by atoms with Crippen LogP contribution in [0.5, 0.6) is 5.75 Å². The molecule has 110 valence electrons. The van der Waals surface area contributed by atoms with E-state index in [0.29, 0.717) is 0 Å². The van der Waals surface area contributed by atoms with Gasteiger partial charge in [-0.2, -0.15) is 0 Å². The molecule has 0 aliphatic carbocycles. The second kappa shape index (κ2) is 7.07. The SMILES string of the molecule is c1ccc2c(c1)CN(CCN1CCCNCC1)CCO2. The molecule has 0 radical (unpaired) electrons. The largest absolute Gasteiger partial charge is 0.492 e. The van der Waals surface area contributed by atoms with Crippen molar-refractivity contribution < 1.29 is 4.74 Å². The van der Waals surface area contributed by atoms with Gasteiger partial charge in [0.05, 0.1) is 0 Å². The Morgan fingerprint density at radius 2 is 1.90 bits per heavy atom. The molecule has 0 atom stereocenters. The van der Waals surface area contributed by atoms with E-state index in [2.05, 4.69) is 39.4 Å². The molecule has 1 fully saturated rings. The van der Waals surface area contributed by atoms with E-state index in [1.54, 1.807) is 0 Å². The Labute approximate surface area is 121 Å². The minimum absolute atomic E-state index is 0.804. The van der Waals surface area contributed by atoms with Crippen LogP contribution in [0.2, 0.25) is 0 Å². The first kappa shape index (κ1) is 13.9. The van der Waals surface area contributed by atoms with Crippen LogP contribution in [-0.2, 0) is 6.54 Å². The first-order valence-electron chi connectivity index (χ1n) is 7.78. The third kappa shape index (κ3) is 3.72. The summed E-state index contributed by atoms with van der Waals surface area (Å²) >= 11 is 0. The Hall–Kier alpha value is -1.10. The Morgan fingerprint density at radius 1 is 1.00 bits per heavy atom. The van der Waals surface area contributed by atoms with E-state index in [-0.39, 0.29) is 0 Å². The average Bonchev–Trinajstić information content (AvgIpc) is 2.85. The van der Waals surface area contributed by atoms with Crippen LogP contribution < -0.4 is 10.1 Å². The molecule has 1 N–H and O–H groups in total. The summed E-state index contributed by atoms with van der Waals surface area (Å²) in [4.78, 5) is 5.10. The molecule has 0 spiro atoms. The number of nitrogens with zero attached hydrogens (tertiary/aromatic N) is 2. The van der Waals surface area contributed by atoms with Gasteiger partial charge in [-0.15, -0.1) is 0 Å². The van der Waals surface area contributed by atoms with Gasteiger partial charge in [0.1, 0.15) is 12.4 Å². The average molecular weight is 275 g/mol. The van der Waals surface area contributed by atoms with Crippen molar-refractivity contribution in [3.05, 3.63) is 29.8 Å². The maximum atomic E-state index is 5.83. The van der Waals surface area contributed by atoms with Gasteiger partial charge in [0, 0.05) is 44.8 Å². The molecule has 0 unspecified atom stereocenters. The highest BCUT2D eigenvalue weighted by atomic mass is 16.5. The van der Waals surface area contributed by atoms with Crippen molar-refractivity contribution in [2.75, 3.05) is 52.4 Å². The normalized spacial score (nSPS) is 21.6. The summed E-state index contributed by atoms with van der Waals surface area (Å²) in [5, 5.41) is 3.46. The Morgan fingerprint density at radius 3 is 2.90 bits per heavy atom. The second-order valence-electron chi connectivity index (χ2n) is 5.68. The van der Waals surface area contributed by atoms with Crippen LogP contribution in [-0.4, -0.2) is 62.2 Å². The lowest BCUT2D eigenvalue weighted by atomic mass is 10.2. The smallest absolute Gasteiger partial charge is 0.123 e. The lowest BCUT2D eigenvalue weighted by Crippen LogP contribution is -2.37. The Kier molecular flexibility index (Phi) is 4.90. The van der Waals surface area contributed by atoms with Gasteiger partial charge in [0.2, 0.25) is 0 Å². The quantitative estimate of drug-likeness (QED) is 0.896. The molecule has 0 saturated carbocycles. The summed E-state index contributed by atoms with van der Waals surface area (Å²) in [5.41, 5.74) is 1.32. The van der Waals surface area contributed by atoms with E-state index in [9.17, 15) is 0 Å². The van der Waals surface area contributed by atoms with Gasteiger partial charge < -0.3 is 15.0 Å². The maximum absolute atomic E-state index is 5.83. The Bertz CT molecular complexity index is 416. The molecule has 1 aromatic rings. The molecule has 2 aliphatic rings. The number of fused-ring (bicyclic) bond motifs is 1. The predicted molar refractivity (Wildman–Crippen MR) is 81.1 cm³/mol. The van der Waals surface area contributed by atoms with Gasteiger partial charge in [-0.3, -0.25) is 4.90 Å². The standard InChI is InChI=1S/C16H25N3O/c1-2-5-16-15(4-1)14-19(12-13-20-16)11-10-18-8-3-6-17-7-9-18/h1-2,4-5,17H,3,6-14H2. The van der Waals surface area contributed by atoms with E-state index >= 15 is 0 Å². The van der Waals surface area contributed by atoms with Crippen LogP contribution in [0.3, 0.4) is 0 Å². The number of benzene rings is 1. The summed E-state index contributed by atoms with van der Waals surface area (Å²) in [7, 11) is 0. The zero-order chi connectivity index (χ0) is 13.6. The summed E-state index contributed by atoms with van der Waals surface area (Å²) in [6, 6.07) is 8.42. The number of hydrogen-bond acceptors (Lipinski definition) is 4. The third-order valence-corrected chi connectivity index (χ3v) is 4.20. The lowest BCUT2D eigenvalue weighted by molar-refractivity contribution is 0.189. The van der Waals surface area contributed by atoms with Crippen molar-refractivity contribution in [1.29, 1.82) is 0 Å². The zero-order valence-corrected chi connectivity index (χ0v) is 12.2. The predicted octanol–water partition coefficient (Wildman–Crippen LogP) is 1.18. The first-order valence-corrected chi connectivity index (χ1v) is 7.78. The maximum Gasteiger partial charge on any atom is 0.123 e. The molecule has 0 amide bonds. The van der Waals surface area contributed by atoms with E-state index in [1.807, 2.05) is 0 Å². The number of hydrogen-bond donors (Lipinski definition) is 1. The van der Waals surface area contributed by atoms with Crippen LogP contribution in [0.25, 0.3) is 0 Å². The van der Waals surface area contributed by atoms with E-state index < -0.39 is 0 Å². The molecule has 20 heavy (non-hydrogen) atoms. The lowest BCUT2D eigenvalue weighted by Gasteiger charge is -2.25. The highest BCUT2D eigenvalue weighted by Gasteiger charge is 2.16. The van der Waals surface area contributed by atoms with Crippen LogP contribution in [0.1, 0.15) is 12.0 Å². The number of nitrogens with one attached hydrogen (secondary N) is 1. The van der Waals surface area contributed by atoms with Crippen LogP contribution in [0.4, 0.5) is 0 Å². The van der Waals surface area contributed by atoms with Gasteiger partial charge in [0.25, 0.3) is 0 Å². The van der Waals surface area contributed by atoms with Crippen molar-refractivity contribution in [2.45, 2.75) is 13.0 Å². The van der Waals surface area contributed by atoms with Crippen molar-refractivity contribution in [3.63, 3.8) is 0 Å². The summed E-state index contributed by atoms with van der Waals surface area (Å²) in [6.45, 7) is 9.87. The molecule has 1 aromatic carbocycles. The highest BCUT2D eigenvalue weighted by Crippen LogP contribution is 2.22. The monoisotopic (exact) mass is 275 g/mol. The van der Waals surface area contributed by atoms with E-state index in [0.717, 1.165) is 38.5 Å². The van der Waals surface area contributed by atoms with Gasteiger partial charge >= 0.3 is 0 Å². The fourth-order valence-electron chi connectivity index (χ4n) is 2.98. The van der Waals surface area contributed by atoms with Crippen molar-refractivity contribution in [1.82, 2.24) is 15.1 Å². The minimum atomic E-state index is 0.804. The second-order valence-corrected chi connectivity index (χ2v) is 5.68. The fraction of sp³-hybridized carbons (Fsp3) is 0.625. The summed E-state index contributed by atoms with van der Waals surface area (Å²) in [5.74, 6) is 1.06. The molecule has 4 heteroatoms. The molecule has 2 heterocycles. The van der Waals surface area contributed by atoms with Gasteiger partial charge in [0.15, 0.2) is 0 Å². The molecule has 1 saturated heterocycles. The van der Waals surface area contributed by atoms with Crippen LogP contribution >= 0.6 is 0 Å². The molecular formula is C16H25N3O. The fourth-order valence-corrected chi connectivity index (χ4v) is 2.98. The molecule has 2 aliphatic heterocycles. The van der Waals surface area contributed by atoms with Gasteiger partial charge in [-0.25, -0.2) is 0 Å². The number of rotatable bonds is 3. The van der Waals surface area contributed by atoms with Crippen LogP contribution in [0, 0.1) is 0 Å². The van der Waals surface area contributed by atoms with E-state index in [4.69, 9.17) is 4.74 Å². The van der Waals surface area contributed by atoms with Gasteiger partial charge in [-0.1, -0.05) is 18.2 Å². The number of ether oxygens (including phenoxy) is 1. The molecule has 0 aromatic heterocycles. The Balaban J connectivity index is 1.53. The molecule has 0 bridgehead atoms. The molecular weight excluding hydrogens is 250 g/mol. The molecule has 3 rings (SSSR count). The summed E-state index contributed by atoms with van der Waals surface area (Å²) in [6.07, 6.45) is 1.27. The first-order chi connectivity index (χ1) is 9.92. The number of para-hydroxylation sites is 1.